The Morgan fingerprint density at radius 1 is 1.50 bits per heavy atom. The quantitative estimate of drug-likeness (QED) is 0.915. The van der Waals surface area contributed by atoms with Crippen LogP contribution in [0.25, 0.3) is 0 Å². The molecule has 0 amide bonds. The van der Waals surface area contributed by atoms with Gasteiger partial charge >= 0.3 is 0 Å². The van der Waals surface area contributed by atoms with Crippen LogP contribution in [-0.2, 0) is 6.42 Å². The third-order valence-corrected chi connectivity index (χ3v) is 4.16. The number of thiophene rings is 1. The first kappa shape index (κ1) is 11.6. The van der Waals surface area contributed by atoms with E-state index < -0.39 is 0 Å². The van der Waals surface area contributed by atoms with Gasteiger partial charge in [-0.2, -0.15) is 0 Å². The van der Waals surface area contributed by atoms with E-state index in [0.29, 0.717) is 6.42 Å². The van der Waals surface area contributed by atoms with Crippen molar-refractivity contribution in [3.8, 4) is 0 Å². The summed E-state index contributed by atoms with van der Waals surface area (Å²) in [5, 5.41) is 2.03. The summed E-state index contributed by atoms with van der Waals surface area (Å²) in [6.45, 7) is 0. The number of aromatic nitrogens is 1. The molecule has 0 bridgehead atoms. The van der Waals surface area contributed by atoms with Crippen molar-refractivity contribution in [2.24, 2.45) is 5.73 Å². The molecule has 2 aromatic rings. The van der Waals surface area contributed by atoms with Gasteiger partial charge in [0.1, 0.15) is 0 Å². The zero-order valence-corrected chi connectivity index (χ0v) is 11.0. The predicted octanol–water partition coefficient (Wildman–Crippen LogP) is 2.73. The molecular weight excluding hydrogens is 286 g/mol. The summed E-state index contributed by atoms with van der Waals surface area (Å²) in [7, 11) is 0. The molecule has 0 saturated heterocycles. The van der Waals surface area contributed by atoms with Crippen molar-refractivity contribution in [1.82, 2.24) is 4.98 Å². The molecule has 1 unspecified atom stereocenters. The van der Waals surface area contributed by atoms with E-state index in [1.807, 2.05) is 11.4 Å². The number of pyridine rings is 1. The minimum Gasteiger partial charge on any atom is -0.398 e. The highest BCUT2D eigenvalue weighted by Gasteiger charge is 2.11. The molecule has 1 atom stereocenters. The maximum absolute atomic E-state index is 6.12. The first-order valence-corrected chi connectivity index (χ1v) is 6.52. The lowest BCUT2D eigenvalue weighted by Crippen LogP contribution is -2.13. The van der Waals surface area contributed by atoms with Crippen molar-refractivity contribution >= 4 is 33.0 Å². The second kappa shape index (κ2) is 4.95. The van der Waals surface area contributed by atoms with Crippen LogP contribution in [0, 0.1) is 0 Å². The van der Waals surface area contributed by atoms with Crippen LogP contribution in [-0.4, -0.2) is 4.98 Å². The number of hydrogen-bond donors (Lipinski definition) is 2. The first-order valence-electron chi connectivity index (χ1n) is 4.84. The van der Waals surface area contributed by atoms with Crippen LogP contribution in [0.15, 0.2) is 34.4 Å². The van der Waals surface area contributed by atoms with Crippen LogP contribution in [0.3, 0.4) is 0 Å². The van der Waals surface area contributed by atoms with Crippen LogP contribution >= 0.6 is 27.3 Å². The number of nitrogens with zero attached hydrogens (tertiary/aromatic N) is 1. The zero-order valence-electron chi connectivity index (χ0n) is 8.56. The average Bonchev–Trinajstić information content (AvgIpc) is 2.68. The SMILES string of the molecule is Nc1ccncc1CC(N)c1cc(Br)cs1. The number of hydrogen-bond acceptors (Lipinski definition) is 4. The highest BCUT2D eigenvalue weighted by Crippen LogP contribution is 2.27. The van der Waals surface area contributed by atoms with E-state index in [9.17, 15) is 0 Å². The Balaban J connectivity index is 2.13. The van der Waals surface area contributed by atoms with Crippen molar-refractivity contribution in [3.63, 3.8) is 0 Å². The number of rotatable bonds is 3. The molecule has 0 fully saturated rings. The van der Waals surface area contributed by atoms with Gasteiger partial charge in [-0.3, -0.25) is 4.98 Å². The molecule has 0 aromatic carbocycles. The summed E-state index contributed by atoms with van der Waals surface area (Å²) >= 11 is 5.07. The highest BCUT2D eigenvalue weighted by molar-refractivity contribution is 9.10. The van der Waals surface area contributed by atoms with Gasteiger partial charge in [-0.15, -0.1) is 11.3 Å². The highest BCUT2D eigenvalue weighted by atomic mass is 79.9. The molecule has 0 spiro atoms. The standard InChI is InChI=1S/C11H12BrN3S/c12-8-4-11(16-6-8)10(14)3-7-5-15-2-1-9(7)13/h1-2,4-6,10H,3,14H2,(H2,13,15). The number of anilines is 1. The molecule has 2 heterocycles. The van der Waals surface area contributed by atoms with Gasteiger partial charge in [0.15, 0.2) is 0 Å². The summed E-state index contributed by atoms with van der Waals surface area (Å²) in [6, 6.07) is 3.82. The van der Waals surface area contributed by atoms with Crippen LogP contribution in [0.2, 0.25) is 0 Å². The van der Waals surface area contributed by atoms with Gasteiger partial charge in [0.2, 0.25) is 0 Å². The van der Waals surface area contributed by atoms with Gasteiger partial charge in [-0.25, -0.2) is 0 Å². The van der Waals surface area contributed by atoms with E-state index in [0.717, 1.165) is 20.6 Å². The topological polar surface area (TPSA) is 64.9 Å². The molecule has 0 aliphatic carbocycles. The molecule has 0 radical (unpaired) electrons. The minimum atomic E-state index is -0.0252. The molecule has 84 valence electrons. The second-order valence-electron chi connectivity index (χ2n) is 3.55. The minimum absolute atomic E-state index is 0.0252. The molecule has 2 aromatic heterocycles. The maximum atomic E-state index is 6.12. The molecule has 3 nitrogen and oxygen atoms in total. The van der Waals surface area contributed by atoms with Crippen molar-refractivity contribution in [3.05, 3.63) is 44.8 Å². The summed E-state index contributed by atoms with van der Waals surface area (Å²) < 4.78 is 1.07. The van der Waals surface area contributed by atoms with Crippen molar-refractivity contribution in [1.29, 1.82) is 0 Å². The van der Waals surface area contributed by atoms with Gasteiger partial charge in [-0.1, -0.05) is 0 Å². The Morgan fingerprint density at radius 3 is 2.94 bits per heavy atom. The Morgan fingerprint density at radius 2 is 2.31 bits per heavy atom. The summed E-state index contributed by atoms with van der Waals surface area (Å²) in [4.78, 5) is 5.20. The zero-order chi connectivity index (χ0) is 11.5. The lowest BCUT2D eigenvalue weighted by Gasteiger charge is -2.10. The fraction of sp³-hybridized carbons (Fsp3) is 0.182. The van der Waals surface area contributed by atoms with Gasteiger partial charge in [-0.05, 0) is 40.0 Å². The molecule has 0 aliphatic heterocycles. The third kappa shape index (κ3) is 2.61. The molecule has 0 saturated carbocycles. The molecule has 4 N–H and O–H groups in total. The predicted molar refractivity (Wildman–Crippen MR) is 71.3 cm³/mol. The van der Waals surface area contributed by atoms with Gasteiger partial charge < -0.3 is 11.5 Å². The summed E-state index contributed by atoms with van der Waals surface area (Å²) in [5.41, 5.74) is 13.7. The van der Waals surface area contributed by atoms with E-state index >= 15 is 0 Å². The largest absolute Gasteiger partial charge is 0.398 e. The van der Waals surface area contributed by atoms with Crippen molar-refractivity contribution < 1.29 is 0 Å². The first-order chi connectivity index (χ1) is 7.66. The Labute approximate surface area is 107 Å². The van der Waals surface area contributed by atoms with Gasteiger partial charge in [0, 0.05) is 38.9 Å². The van der Waals surface area contributed by atoms with Crippen LogP contribution in [0.5, 0.6) is 0 Å². The molecule has 16 heavy (non-hydrogen) atoms. The number of nitrogens with two attached hydrogens (primary N) is 2. The third-order valence-electron chi connectivity index (χ3n) is 2.33. The van der Waals surface area contributed by atoms with Gasteiger partial charge in [0.25, 0.3) is 0 Å². The van der Waals surface area contributed by atoms with E-state index in [-0.39, 0.29) is 6.04 Å². The summed E-state index contributed by atoms with van der Waals surface area (Å²) in [6.07, 6.45) is 4.18. The molecule has 2 rings (SSSR count). The lowest BCUT2D eigenvalue weighted by molar-refractivity contribution is 0.735. The van der Waals surface area contributed by atoms with E-state index in [2.05, 4.69) is 20.9 Å². The molecular formula is C11H12BrN3S. The Kier molecular flexibility index (Phi) is 3.58. The van der Waals surface area contributed by atoms with E-state index in [1.54, 1.807) is 29.8 Å². The monoisotopic (exact) mass is 297 g/mol. The van der Waals surface area contributed by atoms with Crippen LogP contribution in [0.4, 0.5) is 5.69 Å². The number of halogens is 1. The lowest BCUT2D eigenvalue weighted by atomic mass is 10.1. The van der Waals surface area contributed by atoms with Crippen LogP contribution < -0.4 is 11.5 Å². The Bertz CT molecular complexity index is 484. The van der Waals surface area contributed by atoms with Crippen molar-refractivity contribution in [2.45, 2.75) is 12.5 Å². The fourth-order valence-corrected chi connectivity index (χ4v) is 2.92. The van der Waals surface area contributed by atoms with Crippen LogP contribution in [0.1, 0.15) is 16.5 Å². The second-order valence-corrected chi connectivity index (χ2v) is 5.41. The van der Waals surface area contributed by atoms with E-state index in [4.69, 9.17) is 11.5 Å². The fourth-order valence-electron chi connectivity index (χ4n) is 1.47. The van der Waals surface area contributed by atoms with Gasteiger partial charge in [0.05, 0.1) is 0 Å². The smallest absolute Gasteiger partial charge is 0.0432 e. The average molecular weight is 298 g/mol. The molecule has 5 heteroatoms. The normalized spacial score (nSPS) is 12.6. The Hall–Kier alpha value is -0.910. The summed E-state index contributed by atoms with van der Waals surface area (Å²) in [5.74, 6) is 0. The van der Waals surface area contributed by atoms with E-state index in [1.165, 1.54) is 0 Å². The maximum Gasteiger partial charge on any atom is 0.0432 e. The van der Waals surface area contributed by atoms with Crippen molar-refractivity contribution in [2.75, 3.05) is 5.73 Å². The molecule has 0 aliphatic rings. The number of nitrogen functional groups attached to an aromatic ring is 1.